The first-order chi connectivity index (χ1) is 13.2. The second kappa shape index (κ2) is 7.94. The van der Waals surface area contributed by atoms with Gasteiger partial charge in [0.15, 0.2) is 5.13 Å². The number of hydrogen-bond acceptors (Lipinski definition) is 4. The fraction of sp³-hybridized carbons (Fsp3) is 0.0909. The minimum atomic E-state index is -0.0417. The van der Waals surface area contributed by atoms with E-state index in [1.807, 2.05) is 29.6 Å². The van der Waals surface area contributed by atoms with Gasteiger partial charge in [0.25, 0.3) is 0 Å². The highest BCUT2D eigenvalue weighted by molar-refractivity contribution is 8.00. The predicted molar refractivity (Wildman–Crippen MR) is 116 cm³/mol. The number of rotatable bonds is 5. The van der Waals surface area contributed by atoms with E-state index in [1.54, 1.807) is 0 Å². The van der Waals surface area contributed by atoms with E-state index in [2.05, 4.69) is 59.7 Å². The Bertz CT molecular complexity index is 1090. The molecule has 0 aliphatic heterocycles. The third kappa shape index (κ3) is 4.38. The Morgan fingerprint density at radius 3 is 2.63 bits per heavy atom. The van der Waals surface area contributed by atoms with Gasteiger partial charge in [0, 0.05) is 15.8 Å². The maximum Gasteiger partial charge on any atom is 0.236 e. The Morgan fingerprint density at radius 1 is 1.04 bits per heavy atom. The zero-order valence-corrected chi connectivity index (χ0v) is 16.4. The maximum absolute atomic E-state index is 12.2. The molecule has 1 amide bonds. The minimum Gasteiger partial charge on any atom is -0.301 e. The molecule has 0 saturated heterocycles. The Labute approximate surface area is 166 Å². The third-order valence-corrected chi connectivity index (χ3v) is 5.96. The monoisotopic (exact) mass is 390 g/mol. The van der Waals surface area contributed by atoms with Gasteiger partial charge in [-0.3, -0.25) is 4.79 Å². The van der Waals surface area contributed by atoms with Crippen LogP contribution in [-0.4, -0.2) is 16.6 Å². The lowest BCUT2D eigenvalue weighted by molar-refractivity contribution is -0.113. The van der Waals surface area contributed by atoms with Crippen LogP contribution in [0.25, 0.3) is 22.0 Å². The van der Waals surface area contributed by atoms with E-state index in [-0.39, 0.29) is 5.91 Å². The van der Waals surface area contributed by atoms with Gasteiger partial charge >= 0.3 is 0 Å². The van der Waals surface area contributed by atoms with Crippen LogP contribution in [0.3, 0.4) is 0 Å². The summed E-state index contributed by atoms with van der Waals surface area (Å²) in [5.41, 5.74) is 3.15. The zero-order valence-electron chi connectivity index (χ0n) is 14.8. The molecule has 1 heterocycles. The van der Waals surface area contributed by atoms with Crippen LogP contribution in [-0.2, 0) is 4.79 Å². The summed E-state index contributed by atoms with van der Waals surface area (Å²) in [6.07, 6.45) is 0. The molecule has 0 saturated carbocycles. The molecule has 0 aliphatic carbocycles. The first-order valence-corrected chi connectivity index (χ1v) is 10.5. The molecule has 0 fully saturated rings. The van der Waals surface area contributed by atoms with Crippen LogP contribution in [0.5, 0.6) is 0 Å². The van der Waals surface area contributed by atoms with Gasteiger partial charge in [0.2, 0.25) is 5.91 Å². The number of fused-ring (bicyclic) bond motifs is 1. The molecule has 5 heteroatoms. The fourth-order valence-corrected chi connectivity index (χ4v) is 4.19. The summed E-state index contributed by atoms with van der Waals surface area (Å²) in [5.74, 6) is 0.327. The van der Waals surface area contributed by atoms with Crippen LogP contribution < -0.4 is 5.32 Å². The Balaban J connectivity index is 1.41. The Kier molecular flexibility index (Phi) is 5.23. The van der Waals surface area contributed by atoms with E-state index in [0.717, 1.165) is 16.2 Å². The van der Waals surface area contributed by atoms with Crippen LogP contribution in [0.15, 0.2) is 77.0 Å². The quantitative estimate of drug-likeness (QED) is 0.425. The third-order valence-electron chi connectivity index (χ3n) is 4.19. The number of nitrogens with zero attached hydrogens (tertiary/aromatic N) is 1. The standard InChI is InChI=1S/C22H18N2OS2/c1-15-6-10-19(11-7-15)26-14-21(25)24-22-23-20(13-27-22)18-9-8-16-4-2-3-5-17(16)12-18/h2-13H,14H2,1H3,(H,23,24,25). The number of thiazole rings is 1. The summed E-state index contributed by atoms with van der Waals surface area (Å²) >= 11 is 2.98. The molecule has 3 aromatic carbocycles. The number of benzene rings is 3. The van der Waals surface area contributed by atoms with Gasteiger partial charge in [-0.25, -0.2) is 4.98 Å². The number of thioether (sulfide) groups is 1. The smallest absolute Gasteiger partial charge is 0.236 e. The van der Waals surface area contributed by atoms with Crippen molar-refractivity contribution in [3.63, 3.8) is 0 Å². The molecule has 134 valence electrons. The molecule has 1 N–H and O–H groups in total. The highest BCUT2D eigenvalue weighted by Gasteiger charge is 2.09. The molecule has 0 unspecified atom stereocenters. The molecule has 0 radical (unpaired) electrons. The normalized spacial score (nSPS) is 10.9. The summed E-state index contributed by atoms with van der Waals surface area (Å²) < 4.78 is 0. The van der Waals surface area contributed by atoms with Crippen LogP contribution in [0.2, 0.25) is 0 Å². The molecule has 0 spiro atoms. The highest BCUT2D eigenvalue weighted by atomic mass is 32.2. The lowest BCUT2D eigenvalue weighted by atomic mass is 10.1. The summed E-state index contributed by atoms with van der Waals surface area (Å²) in [6.45, 7) is 2.05. The van der Waals surface area contributed by atoms with Crippen LogP contribution >= 0.6 is 23.1 Å². The first-order valence-electron chi connectivity index (χ1n) is 8.61. The number of anilines is 1. The summed E-state index contributed by atoms with van der Waals surface area (Å²) in [4.78, 5) is 17.9. The van der Waals surface area contributed by atoms with Gasteiger partial charge in [-0.1, -0.05) is 54.1 Å². The molecule has 0 bridgehead atoms. The van der Waals surface area contributed by atoms with E-state index in [4.69, 9.17) is 0 Å². The van der Waals surface area contributed by atoms with Gasteiger partial charge in [-0.15, -0.1) is 23.1 Å². The number of aryl methyl sites for hydroxylation is 1. The van der Waals surface area contributed by atoms with Gasteiger partial charge < -0.3 is 5.32 Å². The molecule has 4 aromatic rings. The highest BCUT2D eigenvalue weighted by Crippen LogP contribution is 2.28. The SMILES string of the molecule is Cc1ccc(SCC(=O)Nc2nc(-c3ccc4ccccc4c3)cs2)cc1. The number of aromatic nitrogens is 1. The van der Waals surface area contributed by atoms with E-state index < -0.39 is 0 Å². The summed E-state index contributed by atoms with van der Waals surface area (Å²) in [7, 11) is 0. The van der Waals surface area contributed by atoms with Crippen molar-refractivity contribution < 1.29 is 4.79 Å². The van der Waals surface area contributed by atoms with Crippen molar-refractivity contribution in [2.24, 2.45) is 0 Å². The molecule has 1 aromatic heterocycles. The van der Waals surface area contributed by atoms with Gasteiger partial charge in [0.05, 0.1) is 11.4 Å². The van der Waals surface area contributed by atoms with Crippen molar-refractivity contribution >= 4 is 44.9 Å². The molecule has 0 aliphatic rings. The lowest BCUT2D eigenvalue weighted by Crippen LogP contribution is -2.13. The molecular weight excluding hydrogens is 372 g/mol. The zero-order chi connectivity index (χ0) is 18.6. The van der Waals surface area contributed by atoms with E-state index in [1.165, 1.54) is 39.4 Å². The van der Waals surface area contributed by atoms with E-state index in [9.17, 15) is 4.79 Å². The van der Waals surface area contributed by atoms with Crippen molar-refractivity contribution in [1.82, 2.24) is 4.98 Å². The average molecular weight is 391 g/mol. The number of nitrogens with one attached hydrogen (secondary N) is 1. The first kappa shape index (κ1) is 17.8. The summed E-state index contributed by atoms with van der Waals surface area (Å²) in [5, 5.41) is 7.90. The van der Waals surface area contributed by atoms with Crippen molar-refractivity contribution in [2.75, 3.05) is 11.1 Å². The largest absolute Gasteiger partial charge is 0.301 e. The number of hydrogen-bond donors (Lipinski definition) is 1. The minimum absolute atomic E-state index is 0.0417. The lowest BCUT2D eigenvalue weighted by Gasteiger charge is -2.03. The van der Waals surface area contributed by atoms with Crippen molar-refractivity contribution in [1.29, 1.82) is 0 Å². The maximum atomic E-state index is 12.2. The molecule has 0 atom stereocenters. The van der Waals surface area contributed by atoms with Gasteiger partial charge in [-0.05, 0) is 35.9 Å². The van der Waals surface area contributed by atoms with Crippen molar-refractivity contribution in [3.05, 3.63) is 77.7 Å². The van der Waals surface area contributed by atoms with Crippen LogP contribution in [0.1, 0.15) is 5.56 Å². The van der Waals surface area contributed by atoms with E-state index in [0.29, 0.717) is 10.9 Å². The number of carbonyl (C=O) groups excluding carboxylic acids is 1. The van der Waals surface area contributed by atoms with Gasteiger partial charge in [0.1, 0.15) is 0 Å². The van der Waals surface area contributed by atoms with Gasteiger partial charge in [-0.2, -0.15) is 0 Å². The average Bonchev–Trinajstić information content (AvgIpc) is 3.15. The molecule has 4 rings (SSSR count). The summed E-state index contributed by atoms with van der Waals surface area (Å²) in [6, 6.07) is 22.7. The van der Waals surface area contributed by atoms with Crippen LogP contribution in [0, 0.1) is 6.92 Å². The van der Waals surface area contributed by atoms with Crippen molar-refractivity contribution in [2.45, 2.75) is 11.8 Å². The van der Waals surface area contributed by atoms with Crippen LogP contribution in [0.4, 0.5) is 5.13 Å². The Morgan fingerprint density at radius 2 is 1.81 bits per heavy atom. The molecule has 27 heavy (non-hydrogen) atoms. The number of carbonyl (C=O) groups is 1. The second-order valence-corrected chi connectivity index (χ2v) is 8.16. The van der Waals surface area contributed by atoms with E-state index >= 15 is 0 Å². The fourth-order valence-electron chi connectivity index (χ4n) is 2.75. The Hall–Kier alpha value is -2.63. The number of amides is 1. The van der Waals surface area contributed by atoms with Crippen molar-refractivity contribution in [3.8, 4) is 11.3 Å². The molecular formula is C22H18N2OS2. The molecule has 3 nitrogen and oxygen atoms in total. The predicted octanol–water partition coefficient (Wildman–Crippen LogP) is 6.00. The second-order valence-electron chi connectivity index (χ2n) is 6.25. The topological polar surface area (TPSA) is 42.0 Å².